The molecular weight excluding hydrogens is 296 g/mol. The van der Waals surface area contributed by atoms with Gasteiger partial charge in [-0.2, -0.15) is 0 Å². The number of fused-ring (bicyclic) bond motifs is 1. The summed E-state index contributed by atoms with van der Waals surface area (Å²) in [6.07, 6.45) is 2.52. The third-order valence-electron chi connectivity index (χ3n) is 4.56. The van der Waals surface area contributed by atoms with Gasteiger partial charge in [-0.1, -0.05) is 78.9 Å². The fourth-order valence-corrected chi connectivity index (χ4v) is 3.39. The van der Waals surface area contributed by atoms with Crippen molar-refractivity contribution in [1.29, 1.82) is 0 Å². The van der Waals surface area contributed by atoms with E-state index in [2.05, 4.69) is 6.58 Å². The summed E-state index contributed by atoms with van der Waals surface area (Å²) in [5.41, 5.74) is 0.829. The first-order chi connectivity index (χ1) is 11.7. The van der Waals surface area contributed by atoms with Gasteiger partial charge in [0.1, 0.15) is 5.41 Å². The summed E-state index contributed by atoms with van der Waals surface area (Å²) in [5.74, 6) is -0.817. The molecular formula is C22H20O2. The second kappa shape index (κ2) is 6.71. The predicted molar refractivity (Wildman–Crippen MR) is 98.2 cm³/mol. The number of aliphatic carboxylic acids is 1. The molecule has 0 spiro atoms. The van der Waals surface area contributed by atoms with Gasteiger partial charge in [0.2, 0.25) is 0 Å². The van der Waals surface area contributed by atoms with Gasteiger partial charge < -0.3 is 5.11 Å². The Morgan fingerprint density at radius 3 is 2.33 bits per heavy atom. The number of carboxylic acid groups (broad SMARTS) is 1. The van der Waals surface area contributed by atoms with Gasteiger partial charge in [-0.15, -0.1) is 6.58 Å². The molecule has 0 aliphatic heterocycles. The van der Waals surface area contributed by atoms with Crippen LogP contribution in [0.3, 0.4) is 0 Å². The first kappa shape index (κ1) is 16.0. The molecule has 3 aromatic carbocycles. The van der Waals surface area contributed by atoms with Crippen molar-refractivity contribution < 1.29 is 9.90 Å². The van der Waals surface area contributed by atoms with Gasteiger partial charge in [0, 0.05) is 0 Å². The Balaban J connectivity index is 2.23. The van der Waals surface area contributed by atoms with Crippen LogP contribution in [0.2, 0.25) is 0 Å². The Hall–Kier alpha value is -2.87. The molecule has 24 heavy (non-hydrogen) atoms. The van der Waals surface area contributed by atoms with Crippen LogP contribution in [-0.2, 0) is 16.6 Å². The highest BCUT2D eigenvalue weighted by Crippen LogP contribution is 2.37. The maximum atomic E-state index is 12.4. The van der Waals surface area contributed by atoms with Crippen LogP contribution in [0.1, 0.15) is 17.5 Å². The summed E-state index contributed by atoms with van der Waals surface area (Å²) >= 11 is 0. The second-order valence-electron chi connectivity index (χ2n) is 6.07. The first-order valence-electron chi connectivity index (χ1n) is 8.04. The number of hydrogen-bond donors (Lipinski definition) is 1. The molecule has 0 saturated heterocycles. The Kier molecular flexibility index (Phi) is 4.48. The standard InChI is InChI=1S/C22H20O2/c1-2-15-22(21(23)24,16-17-9-4-3-5-10-17)20-14-8-12-18-11-6-7-13-19(18)20/h2-14H,1,15-16H2,(H,23,24). The maximum absolute atomic E-state index is 12.4. The number of allylic oxidation sites excluding steroid dienone is 1. The van der Waals surface area contributed by atoms with E-state index in [9.17, 15) is 9.90 Å². The van der Waals surface area contributed by atoms with E-state index in [1.807, 2.05) is 72.8 Å². The van der Waals surface area contributed by atoms with Gasteiger partial charge in [0.25, 0.3) is 0 Å². The lowest BCUT2D eigenvalue weighted by molar-refractivity contribution is -0.143. The first-order valence-corrected chi connectivity index (χ1v) is 8.04. The van der Waals surface area contributed by atoms with Crippen LogP contribution in [0.15, 0.2) is 85.5 Å². The zero-order chi connectivity index (χ0) is 17.0. The molecule has 0 aliphatic rings. The summed E-state index contributed by atoms with van der Waals surface area (Å²) in [4.78, 5) is 12.4. The van der Waals surface area contributed by atoms with Crippen molar-refractivity contribution in [1.82, 2.24) is 0 Å². The Morgan fingerprint density at radius 1 is 0.958 bits per heavy atom. The van der Waals surface area contributed by atoms with Gasteiger partial charge >= 0.3 is 5.97 Å². The smallest absolute Gasteiger partial charge is 0.314 e. The highest BCUT2D eigenvalue weighted by Gasteiger charge is 2.40. The SMILES string of the molecule is C=CCC(Cc1ccccc1)(C(=O)O)c1cccc2ccccc12. The van der Waals surface area contributed by atoms with Crippen molar-refractivity contribution in [3.05, 3.63) is 96.6 Å². The maximum Gasteiger partial charge on any atom is 0.314 e. The third kappa shape index (κ3) is 2.83. The molecule has 0 aliphatic carbocycles. The van der Waals surface area contributed by atoms with Crippen LogP contribution >= 0.6 is 0 Å². The molecule has 0 amide bonds. The third-order valence-corrected chi connectivity index (χ3v) is 4.56. The van der Waals surface area contributed by atoms with E-state index in [0.717, 1.165) is 21.9 Å². The van der Waals surface area contributed by atoms with Gasteiger partial charge in [-0.05, 0) is 34.7 Å². The summed E-state index contributed by atoms with van der Waals surface area (Å²) in [6.45, 7) is 3.81. The molecule has 1 atom stereocenters. The van der Waals surface area contributed by atoms with E-state index < -0.39 is 11.4 Å². The van der Waals surface area contributed by atoms with E-state index in [4.69, 9.17) is 0 Å². The van der Waals surface area contributed by atoms with Crippen molar-refractivity contribution in [2.24, 2.45) is 0 Å². The lowest BCUT2D eigenvalue weighted by Gasteiger charge is -2.30. The molecule has 0 aromatic heterocycles. The van der Waals surface area contributed by atoms with E-state index in [1.54, 1.807) is 6.08 Å². The van der Waals surface area contributed by atoms with Crippen molar-refractivity contribution in [3.8, 4) is 0 Å². The fourth-order valence-electron chi connectivity index (χ4n) is 3.39. The molecule has 1 unspecified atom stereocenters. The largest absolute Gasteiger partial charge is 0.481 e. The van der Waals surface area contributed by atoms with E-state index in [-0.39, 0.29) is 0 Å². The molecule has 3 aromatic rings. The minimum absolute atomic E-state index is 0.380. The highest BCUT2D eigenvalue weighted by atomic mass is 16.4. The molecule has 0 fully saturated rings. The Bertz CT molecular complexity index is 862. The number of rotatable bonds is 6. The van der Waals surface area contributed by atoms with Gasteiger partial charge in [0.15, 0.2) is 0 Å². The Morgan fingerprint density at radius 2 is 1.62 bits per heavy atom. The average Bonchev–Trinajstić information content (AvgIpc) is 2.61. The number of hydrogen-bond acceptors (Lipinski definition) is 1. The van der Waals surface area contributed by atoms with Crippen molar-refractivity contribution in [3.63, 3.8) is 0 Å². The number of carbonyl (C=O) groups is 1. The molecule has 2 nitrogen and oxygen atoms in total. The van der Waals surface area contributed by atoms with Crippen LogP contribution in [0.4, 0.5) is 0 Å². The zero-order valence-electron chi connectivity index (χ0n) is 13.5. The van der Waals surface area contributed by atoms with Crippen LogP contribution in [0.25, 0.3) is 10.8 Å². The van der Waals surface area contributed by atoms with Gasteiger partial charge in [0.05, 0.1) is 0 Å². The predicted octanol–water partition coefficient (Wildman–Crippen LogP) is 4.98. The number of benzene rings is 3. The fraction of sp³-hybridized carbons (Fsp3) is 0.136. The van der Waals surface area contributed by atoms with E-state index in [1.165, 1.54) is 0 Å². The van der Waals surface area contributed by atoms with Gasteiger partial charge in [-0.3, -0.25) is 4.79 Å². The summed E-state index contributed by atoms with van der Waals surface area (Å²) < 4.78 is 0. The van der Waals surface area contributed by atoms with Crippen LogP contribution in [0, 0.1) is 0 Å². The quantitative estimate of drug-likeness (QED) is 0.651. The van der Waals surface area contributed by atoms with E-state index in [0.29, 0.717) is 12.8 Å². The van der Waals surface area contributed by atoms with Gasteiger partial charge in [-0.25, -0.2) is 0 Å². The molecule has 1 N–H and O–H groups in total. The van der Waals surface area contributed by atoms with Crippen LogP contribution in [-0.4, -0.2) is 11.1 Å². The van der Waals surface area contributed by atoms with E-state index >= 15 is 0 Å². The topological polar surface area (TPSA) is 37.3 Å². The molecule has 120 valence electrons. The normalized spacial score (nSPS) is 13.3. The molecule has 3 rings (SSSR count). The van der Waals surface area contributed by atoms with Crippen LogP contribution in [0.5, 0.6) is 0 Å². The average molecular weight is 316 g/mol. The molecule has 0 heterocycles. The number of carboxylic acids is 1. The minimum Gasteiger partial charge on any atom is -0.481 e. The van der Waals surface area contributed by atoms with Crippen molar-refractivity contribution >= 4 is 16.7 Å². The zero-order valence-corrected chi connectivity index (χ0v) is 13.5. The molecule has 0 bridgehead atoms. The van der Waals surface area contributed by atoms with Crippen LogP contribution < -0.4 is 0 Å². The van der Waals surface area contributed by atoms with Crippen molar-refractivity contribution in [2.75, 3.05) is 0 Å². The molecule has 2 heteroatoms. The molecule has 0 saturated carbocycles. The summed E-state index contributed by atoms with van der Waals surface area (Å²) in [7, 11) is 0. The lowest BCUT2D eigenvalue weighted by atomic mass is 9.71. The summed E-state index contributed by atoms with van der Waals surface area (Å²) in [5, 5.41) is 12.2. The second-order valence-corrected chi connectivity index (χ2v) is 6.07. The highest BCUT2D eigenvalue weighted by molar-refractivity contribution is 5.93. The lowest BCUT2D eigenvalue weighted by Crippen LogP contribution is -2.38. The minimum atomic E-state index is -1.02. The van der Waals surface area contributed by atoms with Crippen molar-refractivity contribution in [2.45, 2.75) is 18.3 Å². The monoisotopic (exact) mass is 316 g/mol. The molecule has 0 radical (unpaired) electrons. The Labute approximate surface area is 142 Å². The summed E-state index contributed by atoms with van der Waals surface area (Å²) in [6, 6.07) is 23.6.